The van der Waals surface area contributed by atoms with E-state index in [0.717, 1.165) is 0 Å². The highest BCUT2D eigenvalue weighted by Gasteiger charge is 2.35. The van der Waals surface area contributed by atoms with Crippen LogP contribution in [0.1, 0.15) is 63.3 Å². The Balaban J connectivity index is 3.54. The van der Waals surface area contributed by atoms with E-state index in [1.54, 1.807) is 40.7 Å². The van der Waals surface area contributed by atoms with E-state index in [1.165, 1.54) is 14.0 Å². The molecular formula is C20H29ClN2O7. The Hall–Kier alpha value is -2.55. The number of nitro groups is 1. The summed E-state index contributed by atoms with van der Waals surface area (Å²) in [5.41, 5.74) is 0.587. The molecule has 0 aliphatic rings. The molecular weight excluding hydrogens is 416 g/mol. The first kappa shape index (κ1) is 25.5. The van der Waals surface area contributed by atoms with Crippen molar-refractivity contribution in [3.8, 4) is 5.75 Å². The molecule has 3 unspecified atom stereocenters. The molecule has 1 aromatic rings. The monoisotopic (exact) mass is 444 g/mol. The quantitative estimate of drug-likeness (QED) is 0.451. The first-order valence-corrected chi connectivity index (χ1v) is 9.78. The van der Waals surface area contributed by atoms with Gasteiger partial charge in [0.2, 0.25) is 6.54 Å². The van der Waals surface area contributed by atoms with Gasteiger partial charge in [0.1, 0.15) is 11.4 Å². The number of carboxylic acids is 1. The summed E-state index contributed by atoms with van der Waals surface area (Å²) < 4.78 is 10.8. The maximum Gasteiger partial charge on any atom is 0.408 e. The van der Waals surface area contributed by atoms with Gasteiger partial charge < -0.3 is 19.9 Å². The van der Waals surface area contributed by atoms with Crippen LogP contribution >= 0.6 is 11.6 Å². The fraction of sp³-hybridized carbons (Fsp3) is 0.600. The van der Waals surface area contributed by atoms with E-state index in [1.807, 2.05) is 0 Å². The number of aliphatic carboxylic acids is 1. The number of amides is 1. The van der Waals surface area contributed by atoms with Gasteiger partial charge in [-0.2, -0.15) is 0 Å². The zero-order chi connectivity index (χ0) is 23.4. The van der Waals surface area contributed by atoms with E-state index in [0.29, 0.717) is 16.7 Å². The van der Waals surface area contributed by atoms with Crippen LogP contribution in [0.4, 0.5) is 4.79 Å². The average molecular weight is 445 g/mol. The van der Waals surface area contributed by atoms with Crippen LogP contribution in [0.5, 0.6) is 5.75 Å². The van der Waals surface area contributed by atoms with Crippen LogP contribution in [-0.4, -0.2) is 41.3 Å². The van der Waals surface area contributed by atoms with Crippen molar-refractivity contribution >= 4 is 23.7 Å². The maximum absolute atomic E-state index is 12.2. The summed E-state index contributed by atoms with van der Waals surface area (Å²) in [6.07, 6.45) is -0.656. The van der Waals surface area contributed by atoms with Crippen molar-refractivity contribution < 1.29 is 29.1 Å². The van der Waals surface area contributed by atoms with Crippen molar-refractivity contribution in [3.05, 3.63) is 37.9 Å². The molecule has 0 aromatic heterocycles. The highest BCUT2D eigenvalue weighted by molar-refractivity contribution is 6.31. The van der Waals surface area contributed by atoms with Gasteiger partial charge in [0.25, 0.3) is 0 Å². The predicted molar refractivity (Wildman–Crippen MR) is 112 cm³/mol. The second kappa shape index (κ2) is 9.97. The number of ether oxygens (including phenoxy) is 2. The first-order chi connectivity index (χ1) is 13.7. The first-order valence-electron chi connectivity index (χ1n) is 9.40. The van der Waals surface area contributed by atoms with Gasteiger partial charge in [-0.05, 0) is 46.2 Å². The number of hydrogen-bond donors (Lipinski definition) is 2. The molecule has 0 spiro atoms. The van der Waals surface area contributed by atoms with Crippen LogP contribution in [0, 0.1) is 23.0 Å². The summed E-state index contributed by atoms with van der Waals surface area (Å²) in [5, 5.41) is 23.7. The number of alkyl carbamates (subject to hydrolysis) is 1. The normalized spacial score (nSPS) is 14.4. The Morgan fingerprint density at radius 3 is 2.33 bits per heavy atom. The third-order valence-electron chi connectivity index (χ3n) is 4.66. The van der Waals surface area contributed by atoms with Gasteiger partial charge in [0.05, 0.1) is 25.0 Å². The summed E-state index contributed by atoms with van der Waals surface area (Å²) in [7, 11) is 1.38. The highest BCUT2D eigenvalue weighted by atomic mass is 35.5. The molecule has 1 aromatic carbocycles. The minimum absolute atomic E-state index is 0.250. The van der Waals surface area contributed by atoms with E-state index in [4.69, 9.17) is 21.1 Å². The Kier molecular flexibility index (Phi) is 8.47. The summed E-state index contributed by atoms with van der Waals surface area (Å²) in [6, 6.07) is 0.971. The summed E-state index contributed by atoms with van der Waals surface area (Å²) in [4.78, 5) is 34.5. The molecule has 0 radical (unpaired) electrons. The SMILES string of the molecule is COc1c(C(C)NC(=O)OC(C)(C)C)cc(Cl)c(C)c1C(C[N+](=O)[O-])C(C)C(=O)O. The predicted octanol–water partition coefficient (Wildman–Crippen LogP) is 4.32. The number of carbonyl (C=O) groups excluding carboxylic acids is 1. The minimum Gasteiger partial charge on any atom is -0.496 e. The van der Waals surface area contributed by atoms with E-state index >= 15 is 0 Å². The van der Waals surface area contributed by atoms with Crippen LogP contribution in [0.3, 0.4) is 0 Å². The molecule has 168 valence electrons. The smallest absolute Gasteiger partial charge is 0.408 e. The van der Waals surface area contributed by atoms with Crippen LogP contribution in [-0.2, 0) is 9.53 Å². The molecule has 0 saturated heterocycles. The van der Waals surface area contributed by atoms with Gasteiger partial charge in [0.15, 0.2) is 0 Å². The van der Waals surface area contributed by atoms with Gasteiger partial charge in [-0.15, -0.1) is 0 Å². The second-order valence-electron chi connectivity index (χ2n) is 8.14. The van der Waals surface area contributed by atoms with Gasteiger partial charge in [-0.25, -0.2) is 4.79 Å². The lowest BCUT2D eigenvalue weighted by atomic mass is 9.82. The molecule has 0 bridgehead atoms. The zero-order valence-electron chi connectivity index (χ0n) is 18.2. The molecule has 9 nitrogen and oxygen atoms in total. The number of methoxy groups -OCH3 is 1. The molecule has 10 heteroatoms. The minimum atomic E-state index is -1.18. The number of rotatable bonds is 8. The molecule has 0 fully saturated rings. The number of halogens is 1. The third kappa shape index (κ3) is 6.48. The third-order valence-corrected chi connectivity index (χ3v) is 5.06. The number of carbonyl (C=O) groups is 2. The van der Waals surface area contributed by atoms with Crippen LogP contribution in [0.25, 0.3) is 0 Å². The number of benzene rings is 1. The molecule has 3 atom stereocenters. The molecule has 30 heavy (non-hydrogen) atoms. The van der Waals surface area contributed by atoms with Gasteiger partial charge in [-0.1, -0.05) is 18.5 Å². The fourth-order valence-corrected chi connectivity index (χ4v) is 3.37. The lowest BCUT2D eigenvalue weighted by Crippen LogP contribution is -2.34. The number of nitrogens with zero attached hydrogens (tertiary/aromatic N) is 1. The van der Waals surface area contributed by atoms with E-state index in [2.05, 4.69) is 5.32 Å². The van der Waals surface area contributed by atoms with Crippen LogP contribution in [0.2, 0.25) is 5.02 Å². The molecule has 0 aliphatic carbocycles. The second-order valence-corrected chi connectivity index (χ2v) is 8.54. The topological polar surface area (TPSA) is 128 Å². The largest absolute Gasteiger partial charge is 0.496 e. The van der Waals surface area contributed by atoms with Crippen LogP contribution in [0.15, 0.2) is 6.07 Å². The zero-order valence-corrected chi connectivity index (χ0v) is 19.0. The molecule has 2 N–H and O–H groups in total. The Bertz CT molecular complexity index is 820. The van der Waals surface area contributed by atoms with Gasteiger partial charge in [-0.3, -0.25) is 14.9 Å². The van der Waals surface area contributed by atoms with Crippen molar-refractivity contribution in [2.24, 2.45) is 5.92 Å². The van der Waals surface area contributed by atoms with Gasteiger partial charge >= 0.3 is 12.1 Å². The number of hydrogen-bond acceptors (Lipinski definition) is 6. The summed E-state index contributed by atoms with van der Waals surface area (Å²) >= 11 is 6.38. The number of nitrogens with one attached hydrogen (secondary N) is 1. The van der Waals surface area contributed by atoms with E-state index in [9.17, 15) is 24.8 Å². The molecule has 0 aliphatic heterocycles. The van der Waals surface area contributed by atoms with E-state index < -0.39 is 47.0 Å². The lowest BCUT2D eigenvalue weighted by molar-refractivity contribution is -0.484. The van der Waals surface area contributed by atoms with Crippen molar-refractivity contribution in [1.82, 2.24) is 5.32 Å². The molecule has 1 rings (SSSR count). The van der Waals surface area contributed by atoms with Crippen molar-refractivity contribution in [2.75, 3.05) is 13.7 Å². The molecule has 0 heterocycles. The maximum atomic E-state index is 12.2. The van der Waals surface area contributed by atoms with Crippen molar-refractivity contribution in [2.45, 2.75) is 59.1 Å². The Morgan fingerprint density at radius 2 is 1.90 bits per heavy atom. The Morgan fingerprint density at radius 1 is 1.33 bits per heavy atom. The standard InChI is InChI=1S/C20H29ClN2O7/c1-10(18(24)25)14(9-23(27)28)16-11(2)15(21)8-13(17(16)29-7)12(3)22-19(26)30-20(4,5)6/h8,10,12,14H,9H2,1-7H3,(H,22,26)(H,24,25). The van der Waals surface area contributed by atoms with Crippen molar-refractivity contribution in [3.63, 3.8) is 0 Å². The van der Waals surface area contributed by atoms with Crippen LogP contribution < -0.4 is 10.1 Å². The summed E-state index contributed by atoms with van der Waals surface area (Å²) in [5.74, 6) is -2.98. The van der Waals surface area contributed by atoms with E-state index in [-0.39, 0.29) is 10.8 Å². The number of carboxylic acid groups (broad SMARTS) is 1. The molecule has 1 amide bonds. The lowest BCUT2D eigenvalue weighted by Gasteiger charge is -2.27. The summed E-state index contributed by atoms with van der Waals surface area (Å²) in [6.45, 7) is 9.31. The average Bonchev–Trinajstić information content (AvgIpc) is 2.58. The van der Waals surface area contributed by atoms with Gasteiger partial charge in [0, 0.05) is 21.1 Å². The fourth-order valence-electron chi connectivity index (χ4n) is 3.15. The molecule has 0 saturated carbocycles. The highest BCUT2D eigenvalue weighted by Crippen LogP contribution is 2.42. The Labute approximate surface area is 180 Å². The van der Waals surface area contributed by atoms with Crippen molar-refractivity contribution in [1.29, 1.82) is 0 Å².